The minimum Gasteiger partial charge on any atom is -0.481 e. The Morgan fingerprint density at radius 2 is 2.11 bits per heavy atom. The molecule has 1 aromatic carbocycles. The van der Waals surface area contributed by atoms with E-state index in [9.17, 15) is 24.1 Å². The van der Waals surface area contributed by atoms with E-state index in [1.54, 1.807) is 0 Å². The zero-order valence-electron chi connectivity index (χ0n) is 9.92. The molecule has 7 nitrogen and oxygen atoms in total. The standard InChI is InChI=1S/C11H11FN2O5/c1-6(11(16)17)5-13-10(15)7-2-8(12)4-9(3-7)14(18)19/h2-4,6H,5H2,1H3,(H,13,15)(H,16,17). The molecule has 1 amide bonds. The average Bonchev–Trinajstić information content (AvgIpc) is 2.34. The van der Waals surface area contributed by atoms with Crippen LogP contribution in [0.25, 0.3) is 0 Å². The van der Waals surface area contributed by atoms with Crippen LogP contribution in [0.2, 0.25) is 0 Å². The van der Waals surface area contributed by atoms with Gasteiger partial charge < -0.3 is 10.4 Å². The van der Waals surface area contributed by atoms with Crippen molar-refractivity contribution in [2.75, 3.05) is 6.54 Å². The van der Waals surface area contributed by atoms with Gasteiger partial charge in [-0.1, -0.05) is 6.92 Å². The molecule has 0 fully saturated rings. The second-order valence-corrected chi connectivity index (χ2v) is 3.90. The van der Waals surface area contributed by atoms with E-state index < -0.39 is 34.2 Å². The van der Waals surface area contributed by atoms with Crippen LogP contribution in [0.4, 0.5) is 10.1 Å². The van der Waals surface area contributed by atoms with Crippen molar-refractivity contribution in [3.05, 3.63) is 39.7 Å². The number of nitrogens with one attached hydrogen (secondary N) is 1. The van der Waals surface area contributed by atoms with Crippen molar-refractivity contribution >= 4 is 17.6 Å². The Labute approximate surface area is 107 Å². The van der Waals surface area contributed by atoms with Gasteiger partial charge in [-0.3, -0.25) is 19.7 Å². The predicted octanol–water partition coefficient (Wildman–Crippen LogP) is 1.18. The third kappa shape index (κ3) is 4.02. The highest BCUT2D eigenvalue weighted by Crippen LogP contribution is 2.16. The van der Waals surface area contributed by atoms with Crippen LogP contribution >= 0.6 is 0 Å². The van der Waals surface area contributed by atoms with Crippen molar-refractivity contribution in [2.24, 2.45) is 5.92 Å². The first kappa shape index (κ1) is 14.6. The van der Waals surface area contributed by atoms with Crippen molar-refractivity contribution in [1.29, 1.82) is 0 Å². The van der Waals surface area contributed by atoms with Crippen LogP contribution in [0, 0.1) is 21.8 Å². The molecule has 102 valence electrons. The van der Waals surface area contributed by atoms with E-state index in [0.717, 1.165) is 12.1 Å². The number of amides is 1. The molecule has 19 heavy (non-hydrogen) atoms. The van der Waals surface area contributed by atoms with Crippen LogP contribution in [0.1, 0.15) is 17.3 Å². The minimum atomic E-state index is -1.09. The van der Waals surface area contributed by atoms with E-state index in [-0.39, 0.29) is 12.1 Å². The Balaban J connectivity index is 2.82. The lowest BCUT2D eigenvalue weighted by molar-refractivity contribution is -0.385. The van der Waals surface area contributed by atoms with Gasteiger partial charge >= 0.3 is 5.97 Å². The van der Waals surface area contributed by atoms with E-state index in [0.29, 0.717) is 6.07 Å². The number of carboxylic acid groups (broad SMARTS) is 1. The first-order valence-corrected chi connectivity index (χ1v) is 5.27. The fraction of sp³-hybridized carbons (Fsp3) is 0.273. The van der Waals surface area contributed by atoms with Crippen LogP contribution in [0.3, 0.4) is 0 Å². The second-order valence-electron chi connectivity index (χ2n) is 3.90. The molecule has 0 bridgehead atoms. The summed E-state index contributed by atoms with van der Waals surface area (Å²) in [6.45, 7) is 1.23. The molecule has 1 atom stereocenters. The van der Waals surface area contributed by atoms with E-state index in [2.05, 4.69) is 5.32 Å². The summed E-state index contributed by atoms with van der Waals surface area (Å²) in [6.07, 6.45) is 0. The molecule has 1 aromatic rings. The maximum atomic E-state index is 13.1. The number of carboxylic acids is 1. The molecule has 0 heterocycles. The molecular formula is C11H11FN2O5. The number of hydrogen-bond acceptors (Lipinski definition) is 4. The lowest BCUT2D eigenvalue weighted by Gasteiger charge is -2.08. The molecule has 0 saturated carbocycles. The maximum Gasteiger partial charge on any atom is 0.308 e. The van der Waals surface area contributed by atoms with Crippen molar-refractivity contribution in [1.82, 2.24) is 5.32 Å². The highest BCUT2D eigenvalue weighted by molar-refractivity contribution is 5.95. The fourth-order valence-corrected chi connectivity index (χ4v) is 1.25. The van der Waals surface area contributed by atoms with Crippen molar-refractivity contribution in [3.8, 4) is 0 Å². The lowest BCUT2D eigenvalue weighted by Crippen LogP contribution is -2.31. The van der Waals surface area contributed by atoms with E-state index in [1.807, 2.05) is 0 Å². The molecule has 0 spiro atoms. The quantitative estimate of drug-likeness (QED) is 0.616. The third-order valence-corrected chi connectivity index (χ3v) is 2.35. The second kappa shape index (κ2) is 5.89. The van der Waals surface area contributed by atoms with E-state index in [4.69, 9.17) is 5.11 Å². The van der Waals surface area contributed by atoms with Gasteiger partial charge in [0, 0.05) is 18.2 Å². The number of nitrogens with zero attached hydrogens (tertiary/aromatic N) is 1. The molecule has 0 aliphatic carbocycles. The Kier molecular flexibility index (Phi) is 4.51. The summed E-state index contributed by atoms with van der Waals surface area (Å²) < 4.78 is 13.1. The first-order valence-electron chi connectivity index (χ1n) is 5.27. The number of carbonyl (C=O) groups excluding carboxylic acids is 1. The van der Waals surface area contributed by atoms with Gasteiger partial charge in [0.1, 0.15) is 5.82 Å². The summed E-state index contributed by atoms with van der Waals surface area (Å²) in [5, 5.41) is 21.4. The van der Waals surface area contributed by atoms with Gasteiger partial charge in [-0.05, 0) is 6.07 Å². The topological polar surface area (TPSA) is 110 Å². The first-order chi connectivity index (χ1) is 8.81. The summed E-state index contributed by atoms with van der Waals surface area (Å²) in [6, 6.07) is 2.45. The van der Waals surface area contributed by atoms with Gasteiger partial charge in [-0.15, -0.1) is 0 Å². The van der Waals surface area contributed by atoms with Gasteiger partial charge in [-0.25, -0.2) is 4.39 Å². The van der Waals surface area contributed by atoms with Gasteiger partial charge in [0.05, 0.1) is 16.9 Å². The Hall–Kier alpha value is -2.51. The highest BCUT2D eigenvalue weighted by atomic mass is 19.1. The fourth-order valence-electron chi connectivity index (χ4n) is 1.25. The molecule has 0 aromatic heterocycles. The number of nitro groups is 1. The van der Waals surface area contributed by atoms with Crippen LogP contribution < -0.4 is 5.32 Å². The van der Waals surface area contributed by atoms with Gasteiger partial charge in [0.25, 0.3) is 11.6 Å². The van der Waals surface area contributed by atoms with Crippen molar-refractivity contribution in [3.63, 3.8) is 0 Å². The molecule has 0 aliphatic heterocycles. The maximum absolute atomic E-state index is 13.1. The molecule has 1 rings (SSSR count). The van der Waals surface area contributed by atoms with Crippen LogP contribution in [0.15, 0.2) is 18.2 Å². The molecule has 0 saturated heterocycles. The summed E-state index contributed by atoms with van der Waals surface area (Å²) >= 11 is 0. The molecule has 0 radical (unpaired) electrons. The van der Waals surface area contributed by atoms with Gasteiger partial charge in [0.15, 0.2) is 0 Å². The van der Waals surface area contributed by atoms with Crippen molar-refractivity contribution < 1.29 is 24.0 Å². The number of hydrogen-bond donors (Lipinski definition) is 2. The number of nitro benzene ring substituents is 1. The van der Waals surface area contributed by atoms with E-state index in [1.165, 1.54) is 6.92 Å². The largest absolute Gasteiger partial charge is 0.481 e. The highest BCUT2D eigenvalue weighted by Gasteiger charge is 2.16. The molecule has 2 N–H and O–H groups in total. The SMILES string of the molecule is CC(CNC(=O)c1cc(F)cc([N+](=O)[O-])c1)C(=O)O. The molecular weight excluding hydrogens is 259 g/mol. The zero-order chi connectivity index (χ0) is 14.6. The number of rotatable bonds is 5. The average molecular weight is 270 g/mol. The third-order valence-electron chi connectivity index (χ3n) is 2.35. The summed E-state index contributed by atoms with van der Waals surface area (Å²) in [7, 11) is 0. The Morgan fingerprint density at radius 1 is 1.47 bits per heavy atom. The number of non-ortho nitro benzene ring substituents is 1. The summed E-state index contributed by atoms with van der Waals surface area (Å²) in [5.41, 5.74) is -0.777. The van der Waals surface area contributed by atoms with Gasteiger partial charge in [0.2, 0.25) is 0 Å². The number of halogens is 1. The molecule has 1 unspecified atom stereocenters. The number of aliphatic carboxylic acids is 1. The van der Waals surface area contributed by atoms with Crippen LogP contribution in [-0.4, -0.2) is 28.5 Å². The zero-order valence-corrected chi connectivity index (χ0v) is 9.92. The van der Waals surface area contributed by atoms with Crippen LogP contribution in [-0.2, 0) is 4.79 Å². The molecule has 0 aliphatic rings. The Bertz CT molecular complexity index is 532. The van der Waals surface area contributed by atoms with Crippen LogP contribution in [0.5, 0.6) is 0 Å². The monoisotopic (exact) mass is 270 g/mol. The normalized spacial score (nSPS) is 11.7. The number of carbonyl (C=O) groups is 2. The summed E-state index contributed by atoms with van der Waals surface area (Å²) in [4.78, 5) is 31.8. The smallest absolute Gasteiger partial charge is 0.308 e. The molecule has 8 heteroatoms. The minimum absolute atomic E-state index is 0.154. The predicted molar refractivity (Wildman–Crippen MR) is 62.2 cm³/mol. The van der Waals surface area contributed by atoms with Gasteiger partial charge in [-0.2, -0.15) is 0 Å². The summed E-state index contributed by atoms with van der Waals surface area (Å²) in [5.74, 6) is -3.58. The van der Waals surface area contributed by atoms with E-state index >= 15 is 0 Å². The number of benzene rings is 1. The van der Waals surface area contributed by atoms with Crippen molar-refractivity contribution in [2.45, 2.75) is 6.92 Å². The Morgan fingerprint density at radius 3 is 2.63 bits per heavy atom. The lowest BCUT2D eigenvalue weighted by atomic mass is 10.1.